The Kier molecular flexibility index (Phi) is 7.29. The van der Waals surface area contributed by atoms with Crippen LogP contribution >= 0.6 is 0 Å². The molecule has 2 heterocycles. The van der Waals surface area contributed by atoms with E-state index in [4.69, 9.17) is 4.74 Å². The van der Waals surface area contributed by atoms with Crippen molar-refractivity contribution >= 4 is 28.8 Å². The highest BCUT2D eigenvalue weighted by Gasteiger charge is 2.31. The fourth-order valence-electron chi connectivity index (χ4n) is 5.17. The van der Waals surface area contributed by atoms with E-state index in [1.54, 1.807) is 17.0 Å². The van der Waals surface area contributed by atoms with E-state index < -0.39 is 17.6 Å². The molecule has 2 aliphatic rings. The maximum absolute atomic E-state index is 13.2. The zero-order valence-electron chi connectivity index (χ0n) is 20.7. The van der Waals surface area contributed by atoms with Gasteiger partial charge in [0.15, 0.2) is 0 Å². The van der Waals surface area contributed by atoms with Gasteiger partial charge in [0.05, 0.1) is 29.2 Å². The number of amides is 2. The number of carbonyl (C=O) groups is 2. The number of hydrogen-bond acceptors (Lipinski definition) is 5. The topological polar surface area (TPSA) is 96.7 Å². The molecule has 2 aromatic carbocycles. The Labute approximate surface area is 217 Å². The summed E-state index contributed by atoms with van der Waals surface area (Å²) in [6.45, 7) is 1.56. The molecular weight excluding hydrogens is 501 g/mol. The monoisotopic (exact) mass is 530 g/mol. The van der Waals surface area contributed by atoms with E-state index in [0.717, 1.165) is 30.6 Å². The van der Waals surface area contributed by atoms with E-state index >= 15 is 0 Å². The van der Waals surface area contributed by atoms with Crippen molar-refractivity contribution in [3.05, 3.63) is 53.6 Å². The number of aliphatic hydroxyl groups is 1. The average molecular weight is 531 g/mol. The number of likely N-dealkylation sites (tertiary alicyclic amines) is 1. The van der Waals surface area contributed by atoms with E-state index in [9.17, 15) is 27.9 Å². The maximum Gasteiger partial charge on any atom is 0.416 e. The van der Waals surface area contributed by atoms with Gasteiger partial charge in [-0.3, -0.25) is 14.9 Å². The lowest BCUT2D eigenvalue weighted by molar-refractivity contribution is -0.137. The molecule has 1 aliphatic carbocycles. The van der Waals surface area contributed by atoms with Gasteiger partial charge in [0.1, 0.15) is 12.4 Å². The largest absolute Gasteiger partial charge is 0.492 e. The molecule has 11 heteroatoms. The number of alkyl halides is 3. The van der Waals surface area contributed by atoms with Crippen molar-refractivity contribution in [3.8, 4) is 5.75 Å². The number of anilines is 1. The minimum atomic E-state index is -4.56. The van der Waals surface area contributed by atoms with Gasteiger partial charge in [-0.2, -0.15) is 13.2 Å². The van der Waals surface area contributed by atoms with Crippen LogP contribution in [0.1, 0.15) is 60.5 Å². The average Bonchev–Trinajstić information content (AvgIpc) is 3.46. The Morgan fingerprint density at radius 2 is 1.92 bits per heavy atom. The molecule has 1 saturated heterocycles. The Hall–Kier alpha value is -3.60. The quantitative estimate of drug-likeness (QED) is 0.458. The van der Waals surface area contributed by atoms with Crippen LogP contribution in [0, 0.1) is 0 Å². The number of aromatic nitrogens is 2. The second kappa shape index (κ2) is 10.6. The molecule has 0 spiro atoms. The minimum absolute atomic E-state index is 0.0480. The van der Waals surface area contributed by atoms with Crippen LogP contribution in [-0.2, 0) is 11.0 Å². The van der Waals surface area contributed by atoms with Crippen LogP contribution in [0.2, 0.25) is 0 Å². The minimum Gasteiger partial charge on any atom is -0.492 e. The van der Waals surface area contributed by atoms with Crippen molar-refractivity contribution in [2.24, 2.45) is 0 Å². The lowest BCUT2D eigenvalue weighted by Gasteiger charge is -2.28. The van der Waals surface area contributed by atoms with Gasteiger partial charge in [-0.25, -0.2) is 4.98 Å². The number of aliphatic hydroxyl groups excluding tert-OH is 1. The first kappa shape index (κ1) is 26.0. The van der Waals surface area contributed by atoms with E-state index in [1.807, 2.05) is 10.6 Å². The first-order valence-corrected chi connectivity index (χ1v) is 12.8. The number of nitrogens with one attached hydrogen (secondary N) is 1. The smallest absolute Gasteiger partial charge is 0.416 e. The van der Waals surface area contributed by atoms with E-state index in [0.29, 0.717) is 56.5 Å². The fraction of sp³-hybridized carbons (Fsp3) is 0.444. The molecule has 5 rings (SSSR count). The molecule has 3 aromatic rings. The van der Waals surface area contributed by atoms with Gasteiger partial charge in [-0.05, 0) is 62.4 Å². The van der Waals surface area contributed by atoms with Crippen LogP contribution in [0.15, 0.2) is 42.5 Å². The van der Waals surface area contributed by atoms with Gasteiger partial charge in [0, 0.05) is 30.6 Å². The van der Waals surface area contributed by atoms with Gasteiger partial charge >= 0.3 is 6.18 Å². The number of carbonyl (C=O) groups excluding carboxylic acids is 2. The van der Waals surface area contributed by atoms with Crippen LogP contribution in [0.25, 0.3) is 11.0 Å². The SMILES string of the molecule is O=C(Nc1nc2cc(OCCN3CCCC3=O)ccc2n1C1CCC(O)CC1)c1cccc(C(F)(F)F)c1. The highest BCUT2D eigenvalue weighted by atomic mass is 19.4. The molecule has 2 N–H and O–H groups in total. The number of fused-ring (bicyclic) bond motifs is 1. The highest BCUT2D eigenvalue weighted by Crippen LogP contribution is 2.36. The molecule has 0 atom stereocenters. The molecule has 0 bridgehead atoms. The molecule has 2 amide bonds. The van der Waals surface area contributed by atoms with Crippen LogP contribution in [-0.4, -0.2) is 57.2 Å². The van der Waals surface area contributed by atoms with E-state index in [1.165, 1.54) is 12.1 Å². The standard InChI is InChI=1S/C27H29F3N4O4/c28-27(29,30)18-4-1-3-17(15-18)25(37)32-26-31-22-16-21(38-14-13-33-12-2-5-24(33)36)10-11-23(22)34(26)19-6-8-20(35)9-7-19/h1,3-4,10-11,15-16,19-20,35H,2,5-9,12-14H2,(H,31,32,37). The number of ether oxygens (including phenoxy) is 1. The first-order chi connectivity index (χ1) is 18.2. The summed E-state index contributed by atoms with van der Waals surface area (Å²) >= 11 is 0. The molecule has 0 radical (unpaired) electrons. The summed E-state index contributed by atoms with van der Waals surface area (Å²) in [5.41, 5.74) is 0.272. The normalized spacial score (nSPS) is 20.2. The number of rotatable bonds is 7. The second-order valence-corrected chi connectivity index (χ2v) is 9.78. The molecule has 1 aromatic heterocycles. The summed E-state index contributed by atoms with van der Waals surface area (Å²) < 4.78 is 47.3. The number of nitrogens with zero attached hydrogens (tertiary/aromatic N) is 3. The van der Waals surface area contributed by atoms with Gasteiger partial charge in [0.2, 0.25) is 11.9 Å². The third kappa shape index (κ3) is 5.62. The summed E-state index contributed by atoms with van der Waals surface area (Å²) in [7, 11) is 0. The first-order valence-electron chi connectivity index (χ1n) is 12.8. The summed E-state index contributed by atoms with van der Waals surface area (Å²) in [6.07, 6.45) is -0.991. The molecular formula is C27H29F3N4O4. The van der Waals surface area contributed by atoms with Crippen LogP contribution in [0.4, 0.5) is 19.1 Å². The predicted octanol–water partition coefficient (Wildman–Crippen LogP) is 4.78. The Bertz CT molecular complexity index is 1330. The van der Waals surface area contributed by atoms with Gasteiger partial charge < -0.3 is 19.3 Å². The molecule has 0 unspecified atom stereocenters. The number of halogens is 3. The third-order valence-corrected chi connectivity index (χ3v) is 7.17. The van der Waals surface area contributed by atoms with Gasteiger partial charge in [-0.15, -0.1) is 0 Å². The molecule has 2 fully saturated rings. The molecule has 8 nitrogen and oxygen atoms in total. The zero-order valence-corrected chi connectivity index (χ0v) is 20.7. The fourth-order valence-corrected chi connectivity index (χ4v) is 5.17. The van der Waals surface area contributed by atoms with Crippen molar-refractivity contribution in [1.29, 1.82) is 0 Å². The molecule has 202 valence electrons. The number of imidazole rings is 1. The van der Waals surface area contributed by atoms with Crippen molar-refractivity contribution in [2.75, 3.05) is 25.0 Å². The lowest BCUT2D eigenvalue weighted by atomic mass is 9.93. The van der Waals surface area contributed by atoms with Crippen LogP contribution in [0.3, 0.4) is 0 Å². The number of benzene rings is 2. The van der Waals surface area contributed by atoms with Crippen molar-refractivity contribution in [1.82, 2.24) is 14.5 Å². The third-order valence-electron chi connectivity index (χ3n) is 7.17. The predicted molar refractivity (Wildman–Crippen MR) is 134 cm³/mol. The van der Waals surface area contributed by atoms with Gasteiger partial charge in [0.25, 0.3) is 5.91 Å². The van der Waals surface area contributed by atoms with Crippen molar-refractivity contribution < 1.29 is 32.6 Å². The molecule has 1 aliphatic heterocycles. The highest BCUT2D eigenvalue weighted by molar-refractivity contribution is 6.04. The van der Waals surface area contributed by atoms with Crippen molar-refractivity contribution in [3.63, 3.8) is 0 Å². The summed E-state index contributed by atoms with van der Waals surface area (Å²) in [5.74, 6) is 0.212. The number of hydrogen-bond donors (Lipinski definition) is 2. The summed E-state index contributed by atoms with van der Waals surface area (Å²) in [6, 6.07) is 9.58. The van der Waals surface area contributed by atoms with Crippen LogP contribution < -0.4 is 10.1 Å². The van der Waals surface area contributed by atoms with E-state index in [2.05, 4.69) is 10.3 Å². The lowest BCUT2D eigenvalue weighted by Crippen LogP contribution is -2.29. The van der Waals surface area contributed by atoms with Crippen molar-refractivity contribution in [2.45, 2.75) is 56.8 Å². The van der Waals surface area contributed by atoms with E-state index in [-0.39, 0.29) is 29.6 Å². The van der Waals surface area contributed by atoms with Gasteiger partial charge in [-0.1, -0.05) is 6.07 Å². The Morgan fingerprint density at radius 3 is 2.63 bits per heavy atom. The second-order valence-electron chi connectivity index (χ2n) is 9.78. The van der Waals surface area contributed by atoms with Crippen LogP contribution in [0.5, 0.6) is 5.75 Å². The molecule has 1 saturated carbocycles. The maximum atomic E-state index is 13.2. The Morgan fingerprint density at radius 1 is 1.13 bits per heavy atom. The summed E-state index contributed by atoms with van der Waals surface area (Å²) in [4.78, 5) is 31.2. The summed E-state index contributed by atoms with van der Waals surface area (Å²) in [5, 5.41) is 12.7. The molecule has 38 heavy (non-hydrogen) atoms. The zero-order chi connectivity index (χ0) is 26.9. The Balaban J connectivity index is 1.40.